The lowest BCUT2D eigenvalue weighted by molar-refractivity contribution is -0.151. The fourth-order valence-electron chi connectivity index (χ4n) is 3.89. The number of nitrogens with zero attached hydrogens (tertiary/aromatic N) is 1. The monoisotopic (exact) mass is 351 g/mol. The zero-order valence-corrected chi connectivity index (χ0v) is 15.3. The molecule has 2 aliphatic rings. The predicted octanol–water partition coefficient (Wildman–Crippen LogP) is 1.10. The van der Waals surface area contributed by atoms with Crippen LogP contribution < -0.4 is 11.1 Å². The molecule has 4 amide bonds. The summed E-state index contributed by atoms with van der Waals surface area (Å²) < 4.78 is 0. The number of imide groups is 2. The molecule has 3 atom stereocenters. The summed E-state index contributed by atoms with van der Waals surface area (Å²) in [6.45, 7) is 5.94. The van der Waals surface area contributed by atoms with Crippen LogP contribution >= 0.6 is 0 Å². The van der Waals surface area contributed by atoms with Gasteiger partial charge in [-0.25, -0.2) is 0 Å². The van der Waals surface area contributed by atoms with Crippen molar-refractivity contribution < 1.29 is 19.2 Å². The smallest absolute Gasteiger partial charge is 0.249 e. The Morgan fingerprint density at radius 3 is 2.20 bits per heavy atom. The first-order valence-corrected chi connectivity index (χ1v) is 9.27. The molecule has 7 nitrogen and oxygen atoms in total. The molecule has 25 heavy (non-hydrogen) atoms. The van der Waals surface area contributed by atoms with Gasteiger partial charge in [-0.1, -0.05) is 27.2 Å². The minimum atomic E-state index is -0.877. The fraction of sp³-hybridized carbons (Fsp3) is 0.778. The number of amides is 4. The second-order valence-electron chi connectivity index (χ2n) is 7.29. The van der Waals surface area contributed by atoms with Crippen LogP contribution in [0.15, 0.2) is 0 Å². The SMILES string of the molecule is CCCC1C(=O)N(C2CCC(=O)NC2=O)C(=O)C1CC(N)(CC)CC. The van der Waals surface area contributed by atoms with Gasteiger partial charge in [0.15, 0.2) is 0 Å². The molecule has 140 valence electrons. The Morgan fingerprint density at radius 2 is 1.68 bits per heavy atom. The zero-order valence-electron chi connectivity index (χ0n) is 15.3. The largest absolute Gasteiger partial charge is 0.325 e. The van der Waals surface area contributed by atoms with Crippen molar-refractivity contribution in [3.63, 3.8) is 0 Å². The number of nitrogens with two attached hydrogens (primary N) is 1. The number of hydrogen-bond donors (Lipinski definition) is 2. The van der Waals surface area contributed by atoms with Crippen LogP contribution in [0.1, 0.15) is 65.7 Å². The third-order valence-corrected chi connectivity index (χ3v) is 5.75. The molecule has 0 aromatic rings. The van der Waals surface area contributed by atoms with Gasteiger partial charge in [-0.3, -0.25) is 29.4 Å². The Bertz CT molecular complexity index is 571. The van der Waals surface area contributed by atoms with E-state index in [0.717, 1.165) is 24.2 Å². The predicted molar refractivity (Wildman–Crippen MR) is 92.0 cm³/mol. The summed E-state index contributed by atoms with van der Waals surface area (Å²) in [5.41, 5.74) is 5.91. The van der Waals surface area contributed by atoms with Gasteiger partial charge in [0.2, 0.25) is 23.6 Å². The molecular formula is C18H29N3O4. The molecule has 0 saturated carbocycles. The van der Waals surface area contributed by atoms with Crippen molar-refractivity contribution >= 4 is 23.6 Å². The lowest BCUT2D eigenvalue weighted by Crippen LogP contribution is -2.54. The Kier molecular flexibility index (Phi) is 5.98. The molecule has 3 N–H and O–H groups in total. The molecule has 0 aliphatic carbocycles. The lowest BCUT2D eigenvalue weighted by Gasteiger charge is -2.31. The van der Waals surface area contributed by atoms with E-state index in [1.807, 2.05) is 20.8 Å². The van der Waals surface area contributed by atoms with Crippen molar-refractivity contribution in [2.75, 3.05) is 0 Å². The number of carbonyl (C=O) groups excluding carboxylic acids is 4. The average molecular weight is 351 g/mol. The summed E-state index contributed by atoms with van der Waals surface area (Å²) in [5, 5.41) is 2.23. The third-order valence-electron chi connectivity index (χ3n) is 5.75. The maximum atomic E-state index is 13.0. The molecule has 3 unspecified atom stereocenters. The van der Waals surface area contributed by atoms with Crippen LogP contribution in [0.3, 0.4) is 0 Å². The highest BCUT2D eigenvalue weighted by Gasteiger charge is 2.52. The van der Waals surface area contributed by atoms with E-state index in [1.165, 1.54) is 0 Å². The lowest BCUT2D eigenvalue weighted by atomic mass is 9.78. The van der Waals surface area contributed by atoms with E-state index >= 15 is 0 Å². The average Bonchev–Trinajstić information content (AvgIpc) is 2.80. The van der Waals surface area contributed by atoms with E-state index in [-0.39, 0.29) is 30.6 Å². The van der Waals surface area contributed by atoms with Gasteiger partial charge in [0.05, 0.1) is 11.8 Å². The van der Waals surface area contributed by atoms with E-state index < -0.39 is 29.3 Å². The van der Waals surface area contributed by atoms with Crippen LogP contribution in [0.4, 0.5) is 0 Å². The van der Waals surface area contributed by atoms with Crippen molar-refractivity contribution in [3.8, 4) is 0 Å². The number of carbonyl (C=O) groups is 4. The summed E-state index contributed by atoms with van der Waals surface area (Å²) in [6.07, 6.45) is 3.60. The molecule has 2 fully saturated rings. The van der Waals surface area contributed by atoms with E-state index in [1.54, 1.807) is 0 Å². The van der Waals surface area contributed by atoms with E-state index in [4.69, 9.17) is 5.73 Å². The number of nitrogens with one attached hydrogen (secondary N) is 1. The standard InChI is InChI=1S/C18H29N3O4/c1-4-7-11-12(10-18(19,5-2)6-3)17(25)21(16(11)24)13-8-9-14(22)20-15(13)23/h11-13H,4-10,19H2,1-3H3,(H,20,22,23). The topological polar surface area (TPSA) is 110 Å². The van der Waals surface area contributed by atoms with Crippen molar-refractivity contribution in [3.05, 3.63) is 0 Å². The van der Waals surface area contributed by atoms with Crippen molar-refractivity contribution in [2.45, 2.75) is 77.3 Å². The van der Waals surface area contributed by atoms with Gasteiger partial charge >= 0.3 is 0 Å². The van der Waals surface area contributed by atoms with Crippen LogP contribution in [-0.4, -0.2) is 40.1 Å². The molecule has 0 aromatic heterocycles. The number of piperidine rings is 1. The van der Waals surface area contributed by atoms with Gasteiger partial charge in [-0.2, -0.15) is 0 Å². The summed E-state index contributed by atoms with van der Waals surface area (Å²) in [4.78, 5) is 50.5. The van der Waals surface area contributed by atoms with Crippen LogP contribution in [0, 0.1) is 11.8 Å². The highest BCUT2D eigenvalue weighted by atomic mass is 16.2. The highest BCUT2D eigenvalue weighted by molar-refractivity contribution is 6.10. The Morgan fingerprint density at radius 1 is 1.08 bits per heavy atom. The van der Waals surface area contributed by atoms with Gasteiger partial charge in [0.25, 0.3) is 0 Å². The first kappa shape index (κ1) is 19.6. The maximum Gasteiger partial charge on any atom is 0.249 e. The third kappa shape index (κ3) is 3.76. The fourth-order valence-corrected chi connectivity index (χ4v) is 3.89. The molecular weight excluding hydrogens is 322 g/mol. The second-order valence-corrected chi connectivity index (χ2v) is 7.29. The minimum Gasteiger partial charge on any atom is -0.325 e. The summed E-state index contributed by atoms with van der Waals surface area (Å²) in [7, 11) is 0. The summed E-state index contributed by atoms with van der Waals surface area (Å²) in [6, 6.07) is -0.877. The normalized spacial score (nSPS) is 27.8. The first-order valence-electron chi connectivity index (χ1n) is 9.27. The molecule has 2 rings (SSSR count). The second kappa shape index (κ2) is 7.64. The van der Waals surface area contributed by atoms with Crippen LogP contribution in [0.2, 0.25) is 0 Å². The molecule has 0 radical (unpaired) electrons. The number of likely N-dealkylation sites (tertiary alicyclic amines) is 1. The summed E-state index contributed by atoms with van der Waals surface area (Å²) in [5.74, 6) is -2.43. The van der Waals surface area contributed by atoms with Gasteiger partial charge in [0, 0.05) is 12.0 Å². The Labute approximate surface area is 148 Å². The van der Waals surface area contributed by atoms with Gasteiger partial charge in [0.1, 0.15) is 6.04 Å². The van der Waals surface area contributed by atoms with E-state index in [9.17, 15) is 19.2 Å². The van der Waals surface area contributed by atoms with E-state index in [0.29, 0.717) is 12.8 Å². The zero-order chi connectivity index (χ0) is 18.8. The van der Waals surface area contributed by atoms with Crippen molar-refractivity contribution in [1.82, 2.24) is 10.2 Å². The van der Waals surface area contributed by atoms with Crippen molar-refractivity contribution in [1.29, 1.82) is 0 Å². The molecule has 0 bridgehead atoms. The molecule has 2 heterocycles. The molecule has 2 saturated heterocycles. The van der Waals surface area contributed by atoms with Crippen LogP contribution in [-0.2, 0) is 19.2 Å². The Balaban J connectivity index is 2.28. The Hall–Kier alpha value is -1.76. The van der Waals surface area contributed by atoms with Gasteiger partial charge < -0.3 is 5.73 Å². The first-order chi connectivity index (χ1) is 11.8. The van der Waals surface area contributed by atoms with Gasteiger partial charge in [-0.05, 0) is 32.1 Å². The van der Waals surface area contributed by atoms with Gasteiger partial charge in [-0.15, -0.1) is 0 Å². The van der Waals surface area contributed by atoms with Crippen LogP contribution in [0.5, 0.6) is 0 Å². The van der Waals surface area contributed by atoms with Crippen LogP contribution in [0.25, 0.3) is 0 Å². The minimum absolute atomic E-state index is 0.140. The number of rotatable bonds is 7. The van der Waals surface area contributed by atoms with E-state index in [2.05, 4.69) is 5.32 Å². The molecule has 7 heteroatoms. The maximum absolute atomic E-state index is 13.0. The quantitative estimate of drug-likeness (QED) is 0.668. The molecule has 2 aliphatic heterocycles. The van der Waals surface area contributed by atoms with Crippen molar-refractivity contribution in [2.24, 2.45) is 17.6 Å². The molecule has 0 spiro atoms. The summed E-state index contributed by atoms with van der Waals surface area (Å²) >= 11 is 0. The highest BCUT2D eigenvalue weighted by Crippen LogP contribution is 2.38. The number of hydrogen-bond acceptors (Lipinski definition) is 5. The molecule has 0 aromatic carbocycles.